The lowest BCUT2D eigenvalue weighted by Gasteiger charge is -2.41. The minimum absolute atomic E-state index is 0.268. The van der Waals surface area contributed by atoms with E-state index in [0.29, 0.717) is 5.92 Å². The third kappa shape index (κ3) is 4.30. The van der Waals surface area contributed by atoms with Crippen LogP contribution in [0.5, 0.6) is 5.75 Å². The molecule has 6 aromatic carbocycles. The Balaban J connectivity index is 1.04. The molecule has 0 saturated carbocycles. The first-order valence-electron chi connectivity index (χ1n) is 16.4. The summed E-state index contributed by atoms with van der Waals surface area (Å²) in [7, 11) is 0. The second kappa shape index (κ2) is 10.7. The third-order valence-electron chi connectivity index (χ3n) is 10.7. The maximum Gasteiger partial charge on any atom is 0.229 e. The standard InChI is InChI=1S/C41H36N2O2/c44-26-40-43(38-11-5-6-12-39(38)45-40)31-21-23-42(24-22-31)41-34-10-4-2-8-28(34)13-18-35(41)30-15-17-33-29(25-30)16-20-36-32-9-3-1-7-27(32)14-19-37(33)36/h1-14,16,18-20,26,30-31,40H,15,17,21-25H2. The largest absolute Gasteiger partial charge is 0.461 e. The fourth-order valence-corrected chi connectivity index (χ4v) is 8.55. The molecule has 3 aliphatic rings. The molecule has 4 heteroatoms. The van der Waals surface area contributed by atoms with E-state index in [9.17, 15) is 4.79 Å². The Hall–Kier alpha value is -4.83. The summed E-state index contributed by atoms with van der Waals surface area (Å²) < 4.78 is 6.01. The zero-order chi connectivity index (χ0) is 29.9. The van der Waals surface area contributed by atoms with Crippen LogP contribution < -0.4 is 14.5 Å². The highest BCUT2D eigenvalue weighted by Crippen LogP contribution is 2.45. The van der Waals surface area contributed by atoms with Crippen LogP contribution in [-0.2, 0) is 17.6 Å². The van der Waals surface area contributed by atoms with E-state index in [2.05, 4.69) is 101 Å². The van der Waals surface area contributed by atoms with Crippen molar-refractivity contribution in [3.63, 3.8) is 0 Å². The van der Waals surface area contributed by atoms with Crippen LogP contribution in [0.3, 0.4) is 0 Å². The van der Waals surface area contributed by atoms with E-state index in [1.807, 2.05) is 18.2 Å². The van der Waals surface area contributed by atoms with E-state index in [4.69, 9.17) is 4.74 Å². The SMILES string of the molecule is O=CC1Oc2ccccc2N1C1CCN(c2c(C3CCc4c(ccc5c4ccc4ccccc45)C3)ccc3ccccc23)CC1. The van der Waals surface area contributed by atoms with Gasteiger partial charge in [0.05, 0.1) is 5.69 Å². The summed E-state index contributed by atoms with van der Waals surface area (Å²) in [5.74, 6) is 1.29. The van der Waals surface area contributed by atoms with E-state index in [1.165, 1.54) is 54.7 Å². The normalized spacial score (nSPS) is 19.9. The molecule has 6 aromatic rings. The number of rotatable bonds is 4. The van der Waals surface area contributed by atoms with E-state index in [0.717, 1.165) is 62.9 Å². The molecule has 4 nitrogen and oxygen atoms in total. The summed E-state index contributed by atoms with van der Waals surface area (Å²) in [5.41, 5.74) is 6.98. The summed E-state index contributed by atoms with van der Waals surface area (Å²) >= 11 is 0. The van der Waals surface area contributed by atoms with Crippen LogP contribution in [0, 0.1) is 0 Å². The lowest BCUT2D eigenvalue weighted by molar-refractivity contribution is -0.113. The number of fused-ring (bicyclic) bond motifs is 7. The van der Waals surface area contributed by atoms with Crippen molar-refractivity contribution in [3.05, 3.63) is 126 Å². The Labute approximate surface area is 263 Å². The molecule has 0 N–H and O–H groups in total. The molecule has 0 aromatic heterocycles. The Morgan fingerprint density at radius 1 is 0.667 bits per heavy atom. The number of carbonyl (C=O) groups is 1. The number of ether oxygens (including phenoxy) is 1. The highest BCUT2D eigenvalue weighted by molar-refractivity contribution is 6.08. The van der Waals surface area contributed by atoms with Crippen LogP contribution in [0.15, 0.2) is 109 Å². The van der Waals surface area contributed by atoms with Gasteiger partial charge in [-0.1, -0.05) is 97.1 Å². The van der Waals surface area contributed by atoms with Gasteiger partial charge < -0.3 is 14.5 Å². The number of carbonyl (C=O) groups excluding carboxylic acids is 1. The lowest BCUT2D eigenvalue weighted by Crippen LogP contribution is -2.49. The second-order valence-corrected chi connectivity index (χ2v) is 13.0. The molecule has 222 valence electrons. The van der Waals surface area contributed by atoms with E-state index >= 15 is 0 Å². The average Bonchev–Trinajstić information content (AvgIpc) is 3.49. The van der Waals surface area contributed by atoms with Gasteiger partial charge in [-0.3, -0.25) is 4.79 Å². The monoisotopic (exact) mass is 588 g/mol. The summed E-state index contributed by atoms with van der Waals surface area (Å²) in [4.78, 5) is 16.9. The van der Waals surface area contributed by atoms with Crippen molar-refractivity contribution >= 4 is 50.0 Å². The number of aldehydes is 1. The van der Waals surface area contributed by atoms with Crippen molar-refractivity contribution < 1.29 is 9.53 Å². The predicted molar refractivity (Wildman–Crippen MR) is 185 cm³/mol. The molecule has 9 rings (SSSR count). The number of hydrogen-bond acceptors (Lipinski definition) is 4. The lowest BCUT2D eigenvalue weighted by atomic mass is 9.77. The van der Waals surface area contributed by atoms with Crippen LogP contribution in [0.4, 0.5) is 11.4 Å². The molecular formula is C41H36N2O2. The summed E-state index contributed by atoms with van der Waals surface area (Å²) in [6.45, 7) is 1.91. The molecular weight excluding hydrogens is 552 g/mol. The Morgan fingerprint density at radius 2 is 1.38 bits per heavy atom. The topological polar surface area (TPSA) is 32.8 Å². The average molecular weight is 589 g/mol. The van der Waals surface area contributed by atoms with Crippen molar-refractivity contribution in [2.24, 2.45) is 0 Å². The fraction of sp³-hybridized carbons (Fsp3) is 0.244. The molecule has 0 spiro atoms. The van der Waals surface area contributed by atoms with Crippen LogP contribution >= 0.6 is 0 Å². The Morgan fingerprint density at radius 3 is 2.22 bits per heavy atom. The third-order valence-corrected chi connectivity index (χ3v) is 10.7. The maximum absolute atomic E-state index is 12.0. The van der Waals surface area contributed by atoms with Gasteiger partial charge >= 0.3 is 0 Å². The molecule has 1 fully saturated rings. The predicted octanol–water partition coefficient (Wildman–Crippen LogP) is 8.81. The van der Waals surface area contributed by atoms with Gasteiger partial charge in [0.25, 0.3) is 0 Å². The van der Waals surface area contributed by atoms with Crippen LogP contribution in [0.1, 0.15) is 41.9 Å². The van der Waals surface area contributed by atoms with Gasteiger partial charge in [0.2, 0.25) is 6.23 Å². The molecule has 0 radical (unpaired) electrons. The summed E-state index contributed by atoms with van der Waals surface area (Å²) in [5, 5.41) is 8.11. The highest BCUT2D eigenvalue weighted by Gasteiger charge is 2.38. The highest BCUT2D eigenvalue weighted by atomic mass is 16.5. The number of piperidine rings is 1. The number of nitrogens with zero attached hydrogens (tertiary/aromatic N) is 2. The second-order valence-electron chi connectivity index (χ2n) is 13.0. The number of anilines is 2. The van der Waals surface area contributed by atoms with Gasteiger partial charge in [0.15, 0.2) is 6.29 Å². The zero-order valence-corrected chi connectivity index (χ0v) is 25.4. The molecule has 0 amide bonds. The molecule has 1 saturated heterocycles. The molecule has 2 heterocycles. The number of benzene rings is 6. The summed E-state index contributed by atoms with van der Waals surface area (Å²) in [6, 6.07) is 40.1. The van der Waals surface area contributed by atoms with Crippen molar-refractivity contribution in [1.82, 2.24) is 0 Å². The van der Waals surface area contributed by atoms with Crippen LogP contribution in [-0.4, -0.2) is 31.6 Å². The quantitative estimate of drug-likeness (QED) is 0.152. The number of hydrogen-bond donors (Lipinski definition) is 0. The minimum atomic E-state index is -0.538. The van der Waals surface area contributed by atoms with Crippen molar-refractivity contribution in [2.45, 2.75) is 50.3 Å². The molecule has 2 atom stereocenters. The van der Waals surface area contributed by atoms with Crippen LogP contribution in [0.25, 0.3) is 32.3 Å². The molecule has 1 aliphatic carbocycles. The van der Waals surface area contributed by atoms with E-state index < -0.39 is 6.23 Å². The van der Waals surface area contributed by atoms with Gasteiger partial charge in [-0.25, -0.2) is 0 Å². The molecule has 2 unspecified atom stereocenters. The minimum Gasteiger partial charge on any atom is -0.461 e. The fourth-order valence-electron chi connectivity index (χ4n) is 8.55. The van der Waals surface area contributed by atoms with Gasteiger partial charge in [-0.05, 0) is 93.8 Å². The van der Waals surface area contributed by atoms with Crippen molar-refractivity contribution in [2.75, 3.05) is 22.9 Å². The van der Waals surface area contributed by atoms with Crippen molar-refractivity contribution in [3.8, 4) is 5.75 Å². The first-order chi connectivity index (χ1) is 22.3. The van der Waals surface area contributed by atoms with Gasteiger partial charge in [0.1, 0.15) is 5.75 Å². The van der Waals surface area contributed by atoms with Gasteiger partial charge in [0, 0.05) is 30.2 Å². The molecule has 0 bridgehead atoms. The van der Waals surface area contributed by atoms with E-state index in [-0.39, 0.29) is 6.04 Å². The maximum atomic E-state index is 12.0. The molecule has 2 aliphatic heterocycles. The zero-order valence-electron chi connectivity index (χ0n) is 25.4. The summed E-state index contributed by atoms with van der Waals surface area (Å²) in [6.07, 6.45) is 5.71. The van der Waals surface area contributed by atoms with Crippen LogP contribution in [0.2, 0.25) is 0 Å². The smallest absolute Gasteiger partial charge is 0.229 e. The Kier molecular flexibility index (Phi) is 6.29. The first kappa shape index (κ1) is 26.6. The van der Waals surface area contributed by atoms with E-state index in [1.54, 1.807) is 0 Å². The van der Waals surface area contributed by atoms with Crippen molar-refractivity contribution in [1.29, 1.82) is 0 Å². The number of para-hydroxylation sites is 2. The number of aryl methyl sites for hydroxylation is 1. The van der Waals surface area contributed by atoms with Gasteiger partial charge in [-0.15, -0.1) is 0 Å². The molecule has 45 heavy (non-hydrogen) atoms. The van der Waals surface area contributed by atoms with Gasteiger partial charge in [-0.2, -0.15) is 0 Å². The Bertz CT molecular complexity index is 2090. The first-order valence-corrected chi connectivity index (χ1v) is 16.4.